The predicted molar refractivity (Wildman–Crippen MR) is 51.4 cm³/mol. The van der Waals surface area contributed by atoms with Gasteiger partial charge in [-0.15, -0.1) is 0 Å². The van der Waals surface area contributed by atoms with Gasteiger partial charge in [-0.1, -0.05) is 6.07 Å². The Hall–Kier alpha value is -1.71. The highest BCUT2D eigenvalue weighted by atomic mass is 16.1. The van der Waals surface area contributed by atoms with E-state index in [4.69, 9.17) is 0 Å². The van der Waals surface area contributed by atoms with Gasteiger partial charge in [0, 0.05) is 6.20 Å². The molecule has 1 aromatic heterocycles. The first-order valence-corrected chi connectivity index (χ1v) is 4.31. The van der Waals surface area contributed by atoms with Crippen LogP contribution in [0, 0.1) is 0 Å². The van der Waals surface area contributed by atoms with Crippen molar-refractivity contribution in [2.75, 3.05) is 6.54 Å². The van der Waals surface area contributed by atoms with Crippen molar-refractivity contribution < 1.29 is 9.59 Å². The zero-order valence-electron chi connectivity index (χ0n) is 8.01. The van der Waals surface area contributed by atoms with Crippen LogP contribution in [0.3, 0.4) is 0 Å². The molecule has 0 saturated carbocycles. The molecule has 0 aromatic carbocycles. The van der Waals surface area contributed by atoms with E-state index in [1.165, 1.54) is 11.8 Å². The fourth-order valence-electron chi connectivity index (χ4n) is 1.12. The molecule has 4 nitrogen and oxygen atoms in total. The molecule has 1 amide bonds. The number of carbonyl (C=O) groups is 2. The van der Waals surface area contributed by atoms with Gasteiger partial charge in [-0.25, -0.2) is 0 Å². The molecule has 0 atom stereocenters. The number of hydrogen-bond donors (Lipinski definition) is 0. The Balaban J connectivity index is 2.57. The Morgan fingerprint density at radius 3 is 2.86 bits per heavy atom. The lowest BCUT2D eigenvalue weighted by atomic mass is 10.3. The summed E-state index contributed by atoms with van der Waals surface area (Å²) in [5.41, 5.74) is 0.779. The van der Waals surface area contributed by atoms with Gasteiger partial charge in [0.2, 0.25) is 6.41 Å². The summed E-state index contributed by atoms with van der Waals surface area (Å²) in [5.74, 6) is -0.0342. The maximum Gasteiger partial charge on any atom is 0.210 e. The van der Waals surface area contributed by atoms with Crippen molar-refractivity contribution in [2.24, 2.45) is 0 Å². The first kappa shape index (κ1) is 10.4. The van der Waals surface area contributed by atoms with Crippen LogP contribution in [0.1, 0.15) is 12.6 Å². The number of amides is 1. The normalized spacial score (nSPS) is 9.50. The van der Waals surface area contributed by atoms with Crippen molar-refractivity contribution in [1.82, 2.24) is 9.88 Å². The third kappa shape index (κ3) is 3.35. The summed E-state index contributed by atoms with van der Waals surface area (Å²) >= 11 is 0. The molecule has 4 heteroatoms. The minimum absolute atomic E-state index is 0.0342. The molecule has 1 heterocycles. The second kappa shape index (κ2) is 5.11. The van der Waals surface area contributed by atoms with Gasteiger partial charge in [0.1, 0.15) is 5.78 Å². The molecule has 0 aliphatic rings. The Bertz CT molecular complexity index is 311. The molecular formula is C10H12N2O2. The van der Waals surface area contributed by atoms with Crippen LogP contribution in [-0.2, 0) is 16.1 Å². The quantitative estimate of drug-likeness (QED) is 0.643. The summed E-state index contributed by atoms with van der Waals surface area (Å²) < 4.78 is 0. The fraction of sp³-hybridized carbons (Fsp3) is 0.300. The number of ketones is 1. The molecule has 1 rings (SSSR count). The Labute approximate surface area is 82.6 Å². The Kier molecular flexibility index (Phi) is 3.79. The molecule has 0 bridgehead atoms. The van der Waals surface area contributed by atoms with Crippen molar-refractivity contribution in [2.45, 2.75) is 13.5 Å². The summed E-state index contributed by atoms with van der Waals surface area (Å²) in [7, 11) is 0. The molecule has 74 valence electrons. The van der Waals surface area contributed by atoms with E-state index in [2.05, 4.69) is 4.98 Å². The SMILES string of the molecule is CC(=O)CN(C=O)Cc1ccccn1. The van der Waals surface area contributed by atoms with Crippen LogP contribution < -0.4 is 0 Å². The first-order chi connectivity index (χ1) is 6.72. The van der Waals surface area contributed by atoms with Gasteiger partial charge in [0.15, 0.2) is 0 Å². The monoisotopic (exact) mass is 192 g/mol. The third-order valence-electron chi connectivity index (χ3n) is 1.67. The maximum atomic E-state index is 10.8. The third-order valence-corrected chi connectivity index (χ3v) is 1.67. The van der Waals surface area contributed by atoms with E-state index in [1.807, 2.05) is 12.1 Å². The zero-order valence-corrected chi connectivity index (χ0v) is 8.01. The van der Waals surface area contributed by atoms with Gasteiger partial charge < -0.3 is 4.90 Å². The zero-order chi connectivity index (χ0) is 10.4. The predicted octanol–water partition coefficient (Wildman–Crippen LogP) is 0.629. The topological polar surface area (TPSA) is 50.3 Å². The van der Waals surface area contributed by atoms with E-state index in [9.17, 15) is 9.59 Å². The van der Waals surface area contributed by atoms with Crippen LogP contribution >= 0.6 is 0 Å². The van der Waals surface area contributed by atoms with Crippen molar-refractivity contribution >= 4 is 12.2 Å². The van der Waals surface area contributed by atoms with Crippen LogP contribution in [-0.4, -0.2) is 28.6 Å². The van der Waals surface area contributed by atoms with Crippen molar-refractivity contribution in [1.29, 1.82) is 0 Å². The number of aromatic nitrogens is 1. The number of carbonyl (C=O) groups excluding carboxylic acids is 2. The molecule has 0 saturated heterocycles. The highest BCUT2D eigenvalue weighted by molar-refractivity contribution is 5.79. The van der Waals surface area contributed by atoms with E-state index < -0.39 is 0 Å². The molecule has 0 unspecified atom stereocenters. The van der Waals surface area contributed by atoms with Crippen LogP contribution in [0.15, 0.2) is 24.4 Å². The van der Waals surface area contributed by atoms with Crippen LogP contribution in [0.2, 0.25) is 0 Å². The largest absolute Gasteiger partial charge is 0.332 e. The van der Waals surface area contributed by atoms with Gasteiger partial charge >= 0.3 is 0 Å². The van der Waals surface area contributed by atoms with Gasteiger partial charge in [0.25, 0.3) is 0 Å². The van der Waals surface area contributed by atoms with E-state index >= 15 is 0 Å². The van der Waals surface area contributed by atoms with Crippen molar-refractivity contribution in [3.05, 3.63) is 30.1 Å². The van der Waals surface area contributed by atoms with Crippen molar-refractivity contribution in [3.8, 4) is 0 Å². The van der Waals surface area contributed by atoms with Gasteiger partial charge in [-0.2, -0.15) is 0 Å². The second-order valence-corrected chi connectivity index (χ2v) is 3.03. The smallest absolute Gasteiger partial charge is 0.210 e. The number of Topliss-reactive ketones (excluding diaryl/α,β-unsaturated/α-hetero) is 1. The van der Waals surface area contributed by atoms with Crippen LogP contribution in [0.4, 0.5) is 0 Å². The summed E-state index contributed by atoms with van der Waals surface area (Å²) in [4.78, 5) is 26.8. The highest BCUT2D eigenvalue weighted by Crippen LogP contribution is 1.98. The average molecular weight is 192 g/mol. The Morgan fingerprint density at radius 2 is 2.36 bits per heavy atom. The molecule has 0 N–H and O–H groups in total. The number of rotatable bonds is 5. The minimum atomic E-state index is -0.0342. The molecule has 0 radical (unpaired) electrons. The molecule has 0 aliphatic carbocycles. The van der Waals surface area contributed by atoms with Gasteiger partial charge in [-0.05, 0) is 19.1 Å². The summed E-state index contributed by atoms with van der Waals surface area (Å²) in [5, 5.41) is 0. The standard InChI is InChI=1S/C10H12N2O2/c1-9(14)6-12(8-13)7-10-4-2-3-5-11-10/h2-5,8H,6-7H2,1H3. The van der Waals surface area contributed by atoms with Crippen LogP contribution in [0.5, 0.6) is 0 Å². The maximum absolute atomic E-state index is 10.8. The summed E-state index contributed by atoms with van der Waals surface area (Å²) in [6, 6.07) is 5.47. The van der Waals surface area contributed by atoms with E-state index in [-0.39, 0.29) is 12.3 Å². The lowest BCUT2D eigenvalue weighted by Crippen LogP contribution is -2.27. The van der Waals surface area contributed by atoms with Crippen LogP contribution in [0.25, 0.3) is 0 Å². The summed E-state index contributed by atoms with van der Waals surface area (Å²) in [6.45, 7) is 1.97. The number of nitrogens with zero attached hydrogens (tertiary/aromatic N) is 2. The first-order valence-electron chi connectivity index (χ1n) is 4.31. The molecule has 0 spiro atoms. The molecule has 1 aromatic rings. The molecule has 0 aliphatic heterocycles. The highest BCUT2D eigenvalue weighted by Gasteiger charge is 2.05. The lowest BCUT2D eigenvalue weighted by Gasteiger charge is -2.14. The van der Waals surface area contributed by atoms with E-state index in [1.54, 1.807) is 12.3 Å². The number of pyridine rings is 1. The molecule has 0 fully saturated rings. The second-order valence-electron chi connectivity index (χ2n) is 3.03. The van der Waals surface area contributed by atoms with E-state index in [0.29, 0.717) is 13.0 Å². The van der Waals surface area contributed by atoms with E-state index in [0.717, 1.165) is 5.69 Å². The fourth-order valence-corrected chi connectivity index (χ4v) is 1.12. The Morgan fingerprint density at radius 1 is 1.57 bits per heavy atom. The lowest BCUT2D eigenvalue weighted by molar-refractivity contribution is -0.126. The van der Waals surface area contributed by atoms with Crippen molar-refractivity contribution in [3.63, 3.8) is 0 Å². The minimum Gasteiger partial charge on any atom is -0.332 e. The van der Waals surface area contributed by atoms with Gasteiger partial charge in [-0.3, -0.25) is 14.6 Å². The average Bonchev–Trinajstić information content (AvgIpc) is 2.17. The molecule has 14 heavy (non-hydrogen) atoms. The summed E-state index contributed by atoms with van der Waals surface area (Å²) in [6.07, 6.45) is 2.32. The molecular weight excluding hydrogens is 180 g/mol. The number of hydrogen-bond acceptors (Lipinski definition) is 3. The van der Waals surface area contributed by atoms with Gasteiger partial charge in [0.05, 0.1) is 18.8 Å².